The van der Waals surface area contributed by atoms with E-state index in [-0.39, 0.29) is 6.07 Å². The first-order chi connectivity index (χ1) is 6.62. The molecule has 1 aromatic rings. The van der Waals surface area contributed by atoms with Crippen molar-refractivity contribution in [3.8, 4) is 0 Å². The van der Waals surface area contributed by atoms with Crippen molar-refractivity contribution in [2.24, 2.45) is 0 Å². The number of aromatic amines is 1. The molecule has 1 rings (SSSR count). The number of alkyl halides is 6. The SMILES string of the molecule is O[C@H](c1cc(C(F)(F)F)n[nH]1)C(F)(F)F. The van der Waals surface area contributed by atoms with Crippen LogP contribution in [0.3, 0.4) is 0 Å². The van der Waals surface area contributed by atoms with Gasteiger partial charge in [-0.3, -0.25) is 5.10 Å². The predicted octanol–water partition coefficient (Wildman–Crippen LogP) is 2.02. The largest absolute Gasteiger partial charge is 0.435 e. The van der Waals surface area contributed by atoms with Gasteiger partial charge in [0, 0.05) is 0 Å². The van der Waals surface area contributed by atoms with Crippen LogP contribution in [0.15, 0.2) is 6.07 Å². The topological polar surface area (TPSA) is 48.9 Å². The maximum absolute atomic E-state index is 11.9. The Morgan fingerprint density at radius 3 is 2.07 bits per heavy atom. The van der Waals surface area contributed by atoms with Crippen LogP contribution in [0.4, 0.5) is 26.3 Å². The number of nitrogens with one attached hydrogen (secondary N) is 1. The van der Waals surface area contributed by atoms with Gasteiger partial charge in [0.1, 0.15) is 0 Å². The molecule has 0 aliphatic rings. The molecule has 0 aliphatic heterocycles. The summed E-state index contributed by atoms with van der Waals surface area (Å²) in [6.07, 6.45) is -12.9. The molecular formula is C6H4F6N2O. The van der Waals surface area contributed by atoms with Crippen LogP contribution in [0, 0.1) is 0 Å². The highest BCUT2D eigenvalue weighted by molar-refractivity contribution is 5.14. The lowest BCUT2D eigenvalue weighted by atomic mass is 10.2. The van der Waals surface area contributed by atoms with E-state index >= 15 is 0 Å². The van der Waals surface area contributed by atoms with Gasteiger partial charge in [0.25, 0.3) is 0 Å². The number of halogens is 6. The number of hydrogen-bond donors (Lipinski definition) is 2. The van der Waals surface area contributed by atoms with Gasteiger partial charge in [-0.05, 0) is 6.07 Å². The maximum Gasteiger partial charge on any atom is 0.435 e. The molecular weight excluding hydrogens is 230 g/mol. The molecule has 0 spiro atoms. The summed E-state index contributed by atoms with van der Waals surface area (Å²) in [6.45, 7) is 0. The van der Waals surface area contributed by atoms with Crippen molar-refractivity contribution in [3.63, 3.8) is 0 Å². The molecule has 0 saturated heterocycles. The molecule has 2 N–H and O–H groups in total. The second kappa shape index (κ2) is 3.40. The van der Waals surface area contributed by atoms with Gasteiger partial charge in [-0.1, -0.05) is 0 Å². The fourth-order valence-electron chi connectivity index (χ4n) is 0.798. The second-order valence-electron chi connectivity index (χ2n) is 2.65. The van der Waals surface area contributed by atoms with Gasteiger partial charge >= 0.3 is 12.4 Å². The summed E-state index contributed by atoms with van der Waals surface area (Å²) in [6, 6.07) is 0.109. The minimum Gasteiger partial charge on any atom is -0.378 e. The molecule has 1 aromatic heterocycles. The van der Waals surface area contributed by atoms with Crippen molar-refractivity contribution in [2.45, 2.75) is 18.5 Å². The van der Waals surface area contributed by atoms with Crippen molar-refractivity contribution in [1.29, 1.82) is 0 Å². The summed E-state index contributed by atoms with van der Waals surface area (Å²) in [5.41, 5.74) is -2.56. The monoisotopic (exact) mass is 234 g/mol. The molecule has 9 heteroatoms. The third-order valence-corrected chi connectivity index (χ3v) is 1.49. The Morgan fingerprint density at radius 1 is 1.20 bits per heavy atom. The van der Waals surface area contributed by atoms with Gasteiger partial charge in [-0.2, -0.15) is 31.4 Å². The molecule has 0 amide bonds. The first kappa shape index (κ1) is 11.8. The Kier molecular flexibility index (Phi) is 2.68. The number of nitrogens with zero attached hydrogens (tertiary/aromatic N) is 1. The standard InChI is InChI=1S/C6H4F6N2O/c7-5(8,9)3-1-2(13-14-3)4(15)6(10,11)12/h1,4,15H,(H,13,14)/t4-/m1/s1. The number of aliphatic hydroxyl groups excluding tert-OH is 1. The molecule has 0 aliphatic carbocycles. The summed E-state index contributed by atoms with van der Waals surface area (Å²) in [5.74, 6) is 0. The van der Waals surface area contributed by atoms with Gasteiger partial charge in [0.05, 0.1) is 5.69 Å². The molecule has 0 bridgehead atoms. The van der Waals surface area contributed by atoms with Gasteiger partial charge in [0.15, 0.2) is 11.8 Å². The van der Waals surface area contributed by atoms with Crippen LogP contribution in [-0.4, -0.2) is 21.5 Å². The Morgan fingerprint density at radius 2 is 1.73 bits per heavy atom. The summed E-state index contributed by atoms with van der Waals surface area (Å²) in [5, 5.41) is 12.7. The van der Waals surface area contributed by atoms with Crippen LogP contribution < -0.4 is 0 Å². The summed E-state index contributed by atoms with van der Waals surface area (Å²) in [7, 11) is 0. The van der Waals surface area contributed by atoms with E-state index < -0.39 is 29.8 Å². The average Bonchev–Trinajstić information content (AvgIpc) is 2.47. The van der Waals surface area contributed by atoms with Crippen molar-refractivity contribution in [2.75, 3.05) is 0 Å². The second-order valence-corrected chi connectivity index (χ2v) is 2.65. The zero-order chi connectivity index (χ0) is 11.9. The van der Waals surface area contributed by atoms with Gasteiger partial charge in [-0.25, -0.2) is 0 Å². The molecule has 15 heavy (non-hydrogen) atoms. The zero-order valence-corrected chi connectivity index (χ0v) is 6.82. The first-order valence-corrected chi connectivity index (χ1v) is 3.49. The Bertz CT molecular complexity index is 340. The van der Waals surface area contributed by atoms with E-state index in [0.29, 0.717) is 0 Å². The fourth-order valence-corrected chi connectivity index (χ4v) is 0.798. The minimum atomic E-state index is -5.03. The van der Waals surface area contributed by atoms with E-state index in [2.05, 4.69) is 5.10 Å². The van der Waals surface area contributed by atoms with Crippen LogP contribution >= 0.6 is 0 Å². The molecule has 0 unspecified atom stereocenters. The average molecular weight is 234 g/mol. The van der Waals surface area contributed by atoms with Gasteiger partial charge in [0.2, 0.25) is 0 Å². The highest BCUT2D eigenvalue weighted by Crippen LogP contribution is 2.34. The van der Waals surface area contributed by atoms with Crippen molar-refractivity contribution >= 4 is 0 Å². The third kappa shape index (κ3) is 2.61. The lowest BCUT2D eigenvalue weighted by Crippen LogP contribution is -2.20. The third-order valence-electron chi connectivity index (χ3n) is 1.49. The fraction of sp³-hybridized carbons (Fsp3) is 0.500. The Balaban J connectivity index is 2.95. The summed E-state index contributed by atoms with van der Waals surface area (Å²) < 4.78 is 71.3. The number of hydrogen-bond acceptors (Lipinski definition) is 2. The van der Waals surface area contributed by atoms with Crippen LogP contribution in [0.1, 0.15) is 17.5 Å². The Hall–Kier alpha value is -1.25. The zero-order valence-electron chi connectivity index (χ0n) is 6.82. The van der Waals surface area contributed by atoms with E-state index in [0.717, 1.165) is 0 Å². The normalized spacial score (nSPS) is 15.4. The number of aliphatic hydroxyl groups is 1. The first-order valence-electron chi connectivity index (χ1n) is 3.49. The molecule has 1 heterocycles. The van der Waals surface area contributed by atoms with E-state index in [4.69, 9.17) is 5.11 Å². The molecule has 0 aromatic carbocycles. The predicted molar refractivity (Wildman–Crippen MR) is 34.6 cm³/mol. The molecule has 86 valence electrons. The highest BCUT2D eigenvalue weighted by Gasteiger charge is 2.42. The Labute approximate surface area is 78.7 Å². The lowest BCUT2D eigenvalue weighted by molar-refractivity contribution is -0.208. The van der Waals surface area contributed by atoms with Gasteiger partial charge in [-0.15, -0.1) is 0 Å². The van der Waals surface area contributed by atoms with Crippen LogP contribution in [-0.2, 0) is 6.18 Å². The number of aromatic nitrogens is 2. The molecule has 0 saturated carbocycles. The maximum atomic E-state index is 11.9. The van der Waals surface area contributed by atoms with E-state index in [1.54, 1.807) is 0 Å². The van der Waals surface area contributed by atoms with Crippen molar-refractivity contribution < 1.29 is 31.4 Å². The minimum absolute atomic E-state index is 0.109. The van der Waals surface area contributed by atoms with Crippen LogP contribution in [0.2, 0.25) is 0 Å². The number of rotatable bonds is 1. The molecule has 1 atom stereocenters. The van der Waals surface area contributed by atoms with Crippen molar-refractivity contribution in [3.05, 3.63) is 17.5 Å². The van der Waals surface area contributed by atoms with E-state index in [9.17, 15) is 26.3 Å². The van der Waals surface area contributed by atoms with Crippen molar-refractivity contribution in [1.82, 2.24) is 10.2 Å². The van der Waals surface area contributed by atoms with E-state index in [1.165, 1.54) is 5.10 Å². The molecule has 0 fully saturated rings. The molecule has 0 radical (unpaired) electrons. The number of H-pyrrole nitrogens is 1. The van der Waals surface area contributed by atoms with Crippen LogP contribution in [0.5, 0.6) is 0 Å². The van der Waals surface area contributed by atoms with E-state index in [1.807, 2.05) is 0 Å². The van der Waals surface area contributed by atoms with Crippen LogP contribution in [0.25, 0.3) is 0 Å². The highest BCUT2D eigenvalue weighted by atomic mass is 19.4. The quantitative estimate of drug-likeness (QED) is 0.730. The lowest BCUT2D eigenvalue weighted by Gasteiger charge is -2.11. The molecule has 3 nitrogen and oxygen atoms in total. The van der Waals surface area contributed by atoms with Gasteiger partial charge < -0.3 is 5.11 Å². The smallest absolute Gasteiger partial charge is 0.378 e. The summed E-state index contributed by atoms with van der Waals surface area (Å²) >= 11 is 0. The summed E-state index contributed by atoms with van der Waals surface area (Å²) in [4.78, 5) is 0.